The molecule has 0 aliphatic carbocycles. The summed E-state index contributed by atoms with van der Waals surface area (Å²) < 4.78 is 26.6. The number of aliphatic imine (C=N–C) groups is 1. The number of hydrogen-bond acceptors (Lipinski definition) is 2. The number of nitrogens with zero attached hydrogens (tertiary/aromatic N) is 2. The second-order valence-electron chi connectivity index (χ2n) is 7.47. The summed E-state index contributed by atoms with van der Waals surface area (Å²) in [5, 5.41) is 6.78. The minimum absolute atomic E-state index is 0.381. The van der Waals surface area contributed by atoms with E-state index in [-0.39, 0.29) is 0 Å². The van der Waals surface area contributed by atoms with Gasteiger partial charge in [-0.3, -0.25) is 9.89 Å². The number of piperidine rings is 1. The molecule has 0 unspecified atom stereocenters. The van der Waals surface area contributed by atoms with Gasteiger partial charge in [-0.1, -0.05) is 30.3 Å². The van der Waals surface area contributed by atoms with E-state index in [0.717, 1.165) is 51.0 Å². The summed E-state index contributed by atoms with van der Waals surface area (Å²) >= 11 is 0. The summed E-state index contributed by atoms with van der Waals surface area (Å²) in [7, 11) is 0. The van der Waals surface area contributed by atoms with Crippen LogP contribution in [0.4, 0.5) is 8.78 Å². The smallest absolute Gasteiger partial charge is 0.191 e. The zero-order chi connectivity index (χ0) is 20.5. The van der Waals surface area contributed by atoms with Crippen molar-refractivity contribution < 1.29 is 8.78 Å². The monoisotopic (exact) mass is 400 g/mol. The van der Waals surface area contributed by atoms with Crippen LogP contribution < -0.4 is 10.6 Å². The van der Waals surface area contributed by atoms with Gasteiger partial charge in [-0.25, -0.2) is 8.78 Å². The van der Waals surface area contributed by atoms with Crippen LogP contribution in [-0.4, -0.2) is 43.1 Å². The number of hydrogen-bond donors (Lipinski definition) is 2. The first-order valence-corrected chi connectivity index (χ1v) is 10.4. The standard InChI is InChI=1S/C23H30F2N4/c1-2-26-23(27-11-8-19-14-20(24)16-21(25)15-19)28-22-9-12-29(13-10-22)17-18-6-4-3-5-7-18/h3-7,14-16,22H,2,8-13,17H2,1H3,(H2,26,27,28). The SMILES string of the molecule is CCNC(=NCCc1cc(F)cc(F)c1)NC1CCN(Cc2ccccc2)CC1. The highest BCUT2D eigenvalue weighted by Crippen LogP contribution is 2.14. The summed E-state index contributed by atoms with van der Waals surface area (Å²) in [4.78, 5) is 7.07. The second kappa shape index (κ2) is 10.9. The van der Waals surface area contributed by atoms with E-state index in [9.17, 15) is 8.78 Å². The van der Waals surface area contributed by atoms with E-state index in [1.807, 2.05) is 13.0 Å². The first-order valence-electron chi connectivity index (χ1n) is 10.4. The minimum Gasteiger partial charge on any atom is -0.357 e. The summed E-state index contributed by atoms with van der Waals surface area (Å²) in [6, 6.07) is 14.6. The van der Waals surface area contributed by atoms with Crippen molar-refractivity contribution in [3.8, 4) is 0 Å². The lowest BCUT2D eigenvalue weighted by Gasteiger charge is -2.33. The number of halogens is 2. The normalized spacial score (nSPS) is 16.0. The molecular weight excluding hydrogens is 370 g/mol. The lowest BCUT2D eigenvalue weighted by molar-refractivity contribution is 0.198. The van der Waals surface area contributed by atoms with Gasteiger partial charge in [0.15, 0.2) is 5.96 Å². The molecule has 156 valence electrons. The molecule has 2 aromatic rings. The summed E-state index contributed by atoms with van der Waals surface area (Å²) in [5.41, 5.74) is 1.97. The van der Waals surface area contributed by atoms with Gasteiger partial charge in [0, 0.05) is 44.8 Å². The van der Waals surface area contributed by atoms with Gasteiger partial charge in [0.1, 0.15) is 11.6 Å². The Labute approximate surface area is 172 Å². The van der Waals surface area contributed by atoms with Crippen molar-refractivity contribution in [3.05, 3.63) is 71.3 Å². The van der Waals surface area contributed by atoms with Gasteiger partial charge < -0.3 is 10.6 Å². The first-order chi connectivity index (χ1) is 14.1. The molecule has 1 fully saturated rings. The Morgan fingerprint density at radius 2 is 1.72 bits per heavy atom. The Morgan fingerprint density at radius 3 is 2.38 bits per heavy atom. The molecule has 1 aliphatic heterocycles. The maximum absolute atomic E-state index is 13.3. The molecule has 1 heterocycles. The fraction of sp³-hybridized carbons (Fsp3) is 0.435. The van der Waals surface area contributed by atoms with Gasteiger partial charge in [0.2, 0.25) is 0 Å². The number of nitrogens with one attached hydrogen (secondary N) is 2. The van der Waals surface area contributed by atoms with E-state index >= 15 is 0 Å². The molecule has 0 radical (unpaired) electrons. The van der Waals surface area contributed by atoms with Gasteiger partial charge >= 0.3 is 0 Å². The topological polar surface area (TPSA) is 39.7 Å². The van der Waals surface area contributed by atoms with Crippen molar-refractivity contribution in [2.24, 2.45) is 4.99 Å². The minimum atomic E-state index is -0.545. The van der Waals surface area contributed by atoms with Crippen LogP contribution in [0.3, 0.4) is 0 Å². The highest BCUT2D eigenvalue weighted by molar-refractivity contribution is 5.80. The third-order valence-corrected chi connectivity index (χ3v) is 5.11. The maximum Gasteiger partial charge on any atom is 0.191 e. The van der Waals surface area contributed by atoms with Gasteiger partial charge in [-0.2, -0.15) is 0 Å². The van der Waals surface area contributed by atoms with Crippen LogP contribution in [0.5, 0.6) is 0 Å². The Balaban J connectivity index is 1.47. The van der Waals surface area contributed by atoms with E-state index in [1.54, 1.807) is 0 Å². The summed E-state index contributed by atoms with van der Waals surface area (Å²) in [6.07, 6.45) is 2.62. The lowest BCUT2D eigenvalue weighted by Crippen LogP contribution is -2.48. The van der Waals surface area contributed by atoms with Gasteiger partial charge in [-0.05, 0) is 49.4 Å². The maximum atomic E-state index is 13.3. The zero-order valence-electron chi connectivity index (χ0n) is 17.0. The molecule has 0 bridgehead atoms. The van der Waals surface area contributed by atoms with Crippen LogP contribution in [0, 0.1) is 11.6 Å². The number of guanidine groups is 1. The molecule has 4 nitrogen and oxygen atoms in total. The average molecular weight is 401 g/mol. The molecule has 2 N–H and O–H groups in total. The molecule has 0 amide bonds. The van der Waals surface area contributed by atoms with Crippen molar-refractivity contribution in [1.29, 1.82) is 0 Å². The van der Waals surface area contributed by atoms with Crippen LogP contribution >= 0.6 is 0 Å². The van der Waals surface area contributed by atoms with Crippen LogP contribution in [0.15, 0.2) is 53.5 Å². The van der Waals surface area contributed by atoms with Gasteiger partial charge in [0.25, 0.3) is 0 Å². The Morgan fingerprint density at radius 1 is 1.03 bits per heavy atom. The van der Waals surface area contributed by atoms with Crippen molar-refractivity contribution >= 4 is 5.96 Å². The Hall–Kier alpha value is -2.47. The van der Waals surface area contributed by atoms with Crippen molar-refractivity contribution in [1.82, 2.24) is 15.5 Å². The summed E-state index contributed by atoms with van der Waals surface area (Å²) in [6.45, 7) is 6.37. The van der Waals surface area contributed by atoms with E-state index in [2.05, 4.69) is 44.8 Å². The van der Waals surface area contributed by atoms with E-state index in [1.165, 1.54) is 17.7 Å². The molecule has 29 heavy (non-hydrogen) atoms. The lowest BCUT2D eigenvalue weighted by atomic mass is 10.0. The van der Waals surface area contributed by atoms with Crippen molar-refractivity contribution in [3.63, 3.8) is 0 Å². The molecule has 0 aromatic heterocycles. The first kappa shape index (κ1) is 21.2. The third-order valence-electron chi connectivity index (χ3n) is 5.11. The predicted octanol–water partition coefficient (Wildman–Crippen LogP) is 3.73. The van der Waals surface area contributed by atoms with Gasteiger partial charge in [-0.15, -0.1) is 0 Å². The molecule has 2 aromatic carbocycles. The van der Waals surface area contributed by atoms with Crippen LogP contribution in [0.2, 0.25) is 0 Å². The molecule has 3 rings (SSSR count). The van der Waals surface area contributed by atoms with E-state index < -0.39 is 11.6 Å². The quantitative estimate of drug-likeness (QED) is 0.550. The Bertz CT molecular complexity index is 766. The van der Waals surface area contributed by atoms with Crippen LogP contribution in [0.25, 0.3) is 0 Å². The fourth-order valence-electron chi connectivity index (χ4n) is 3.64. The van der Waals surface area contributed by atoms with Crippen LogP contribution in [0.1, 0.15) is 30.9 Å². The highest BCUT2D eigenvalue weighted by Gasteiger charge is 2.20. The zero-order valence-corrected chi connectivity index (χ0v) is 17.0. The average Bonchev–Trinajstić information content (AvgIpc) is 2.70. The molecule has 0 atom stereocenters. The molecule has 0 spiro atoms. The predicted molar refractivity (Wildman–Crippen MR) is 114 cm³/mol. The number of rotatable bonds is 7. The fourth-order valence-corrected chi connectivity index (χ4v) is 3.64. The van der Waals surface area contributed by atoms with Crippen molar-refractivity contribution in [2.75, 3.05) is 26.2 Å². The molecule has 6 heteroatoms. The van der Waals surface area contributed by atoms with Crippen molar-refractivity contribution in [2.45, 2.75) is 38.8 Å². The van der Waals surface area contributed by atoms with E-state index in [0.29, 0.717) is 24.6 Å². The second-order valence-corrected chi connectivity index (χ2v) is 7.47. The molecule has 1 aliphatic rings. The molecule has 1 saturated heterocycles. The van der Waals surface area contributed by atoms with Crippen LogP contribution in [-0.2, 0) is 13.0 Å². The molecule has 0 saturated carbocycles. The Kier molecular flexibility index (Phi) is 7.99. The highest BCUT2D eigenvalue weighted by atomic mass is 19.1. The third kappa shape index (κ3) is 7.13. The van der Waals surface area contributed by atoms with E-state index in [4.69, 9.17) is 0 Å². The van der Waals surface area contributed by atoms with Gasteiger partial charge in [0.05, 0.1) is 0 Å². The summed E-state index contributed by atoms with van der Waals surface area (Å²) in [5.74, 6) is -0.321. The number of benzene rings is 2. The molecular formula is C23H30F2N4. The number of likely N-dealkylation sites (tertiary alicyclic amines) is 1. The largest absolute Gasteiger partial charge is 0.357 e.